The van der Waals surface area contributed by atoms with Gasteiger partial charge in [0, 0.05) is 44.7 Å². The van der Waals surface area contributed by atoms with E-state index in [9.17, 15) is 18.0 Å². The smallest absolute Gasteiger partial charge is 0.404 e. The van der Waals surface area contributed by atoms with Gasteiger partial charge in [0.1, 0.15) is 10.7 Å². The number of pyridine rings is 1. The van der Waals surface area contributed by atoms with E-state index in [1.807, 2.05) is 4.90 Å². The molecule has 1 aromatic carbocycles. The Hall–Kier alpha value is -2.66. The third-order valence-electron chi connectivity index (χ3n) is 6.72. The van der Waals surface area contributed by atoms with Crippen LogP contribution in [0.4, 0.5) is 14.9 Å². The lowest BCUT2D eigenvalue weighted by molar-refractivity contribution is 0.186. The zero-order valence-corrected chi connectivity index (χ0v) is 19.9. The molecule has 0 spiro atoms. The lowest BCUT2D eigenvalue weighted by Crippen LogP contribution is -2.38. The molecule has 0 unspecified atom stereocenters. The van der Waals surface area contributed by atoms with Crippen LogP contribution in [-0.4, -0.2) is 61.7 Å². The molecule has 2 aromatic rings. The van der Waals surface area contributed by atoms with Crippen LogP contribution in [0.3, 0.4) is 0 Å². The summed E-state index contributed by atoms with van der Waals surface area (Å²) in [7, 11) is -1.27. The molecule has 2 atom stereocenters. The molecule has 1 amide bonds. The monoisotopic (exact) mass is 480 g/mol. The number of benzene rings is 1. The lowest BCUT2D eigenvalue weighted by atomic mass is 10.0. The number of sulfonamides is 1. The highest BCUT2D eigenvalue weighted by atomic mass is 32.2. The predicted molar refractivity (Wildman–Crippen MR) is 123 cm³/mol. The number of nitrogens with zero attached hydrogens (tertiary/aromatic N) is 3. The van der Waals surface area contributed by atoms with E-state index in [1.165, 1.54) is 30.8 Å². The summed E-state index contributed by atoms with van der Waals surface area (Å²) >= 11 is 0. The number of fused-ring (bicyclic) bond motifs is 1. The average molecular weight is 481 g/mol. The Labute approximate surface area is 191 Å². The maximum atomic E-state index is 15.4. The van der Waals surface area contributed by atoms with Crippen molar-refractivity contribution in [3.63, 3.8) is 0 Å². The molecular formula is C22H29FN4O5S. The number of aryl methyl sites for hydroxylation is 1. The first-order chi connectivity index (χ1) is 15.4. The molecule has 2 fully saturated rings. The zero-order chi connectivity index (χ0) is 24.2. The first-order valence-electron chi connectivity index (χ1n) is 11.0. The zero-order valence-electron chi connectivity index (χ0n) is 19.1. The largest absolute Gasteiger partial charge is 0.465 e. The van der Waals surface area contributed by atoms with Gasteiger partial charge in [0.2, 0.25) is 10.0 Å². The minimum Gasteiger partial charge on any atom is -0.465 e. The average Bonchev–Trinajstić information content (AvgIpc) is 3.43. The van der Waals surface area contributed by atoms with Gasteiger partial charge in [0.05, 0.1) is 11.2 Å². The third-order valence-corrected chi connectivity index (χ3v) is 8.53. The van der Waals surface area contributed by atoms with Crippen molar-refractivity contribution in [3.8, 4) is 0 Å². The van der Waals surface area contributed by atoms with Crippen LogP contribution in [0.1, 0.15) is 37.8 Å². The molecule has 11 heteroatoms. The number of hydrogen-bond donors (Lipinski definition) is 2. The second kappa shape index (κ2) is 8.28. The van der Waals surface area contributed by atoms with Crippen molar-refractivity contribution in [1.82, 2.24) is 14.2 Å². The minimum atomic E-state index is -3.99. The summed E-state index contributed by atoms with van der Waals surface area (Å²) in [6, 6.07) is 2.19. The van der Waals surface area contributed by atoms with E-state index in [2.05, 4.69) is 5.32 Å². The molecule has 1 aliphatic carbocycles. The number of halogens is 1. The number of rotatable bonds is 6. The Kier molecular flexibility index (Phi) is 5.90. The van der Waals surface area contributed by atoms with Crippen LogP contribution in [0, 0.1) is 18.7 Å². The number of nitrogens with one attached hydrogen (secondary N) is 1. The van der Waals surface area contributed by atoms with E-state index in [0.29, 0.717) is 41.7 Å². The summed E-state index contributed by atoms with van der Waals surface area (Å²) in [6.45, 7) is 4.58. The topological polar surface area (TPSA) is 112 Å². The summed E-state index contributed by atoms with van der Waals surface area (Å²) in [5.41, 5.74) is 0.932. The van der Waals surface area contributed by atoms with Gasteiger partial charge in [-0.05, 0) is 56.7 Å². The third kappa shape index (κ3) is 4.08. The van der Waals surface area contributed by atoms with Gasteiger partial charge in [-0.25, -0.2) is 21.9 Å². The van der Waals surface area contributed by atoms with E-state index >= 15 is 4.39 Å². The van der Waals surface area contributed by atoms with Gasteiger partial charge < -0.3 is 19.9 Å². The quantitative estimate of drug-likeness (QED) is 0.657. The van der Waals surface area contributed by atoms with Crippen molar-refractivity contribution >= 4 is 32.7 Å². The van der Waals surface area contributed by atoms with Crippen molar-refractivity contribution in [3.05, 3.63) is 33.9 Å². The van der Waals surface area contributed by atoms with Crippen LogP contribution in [-0.2, 0) is 10.0 Å². The van der Waals surface area contributed by atoms with E-state index in [-0.39, 0.29) is 22.9 Å². The molecule has 4 rings (SSSR count). The highest BCUT2D eigenvalue weighted by molar-refractivity contribution is 7.89. The van der Waals surface area contributed by atoms with Crippen LogP contribution < -0.4 is 15.8 Å². The number of amides is 1. The molecule has 0 bridgehead atoms. The lowest BCUT2D eigenvalue weighted by Gasteiger charge is -2.26. The number of aromatic nitrogens is 1. The maximum absolute atomic E-state index is 15.4. The maximum Gasteiger partial charge on any atom is 0.404 e. The molecule has 0 radical (unpaired) electrons. The molecule has 1 aliphatic heterocycles. The summed E-state index contributed by atoms with van der Waals surface area (Å²) in [5.74, 6) is -0.470. The second-order valence-corrected chi connectivity index (χ2v) is 11.3. The van der Waals surface area contributed by atoms with Gasteiger partial charge in [0.25, 0.3) is 5.56 Å². The number of anilines is 1. The minimum absolute atomic E-state index is 0.0221. The van der Waals surface area contributed by atoms with Crippen molar-refractivity contribution in [2.75, 3.05) is 32.1 Å². The molecule has 1 saturated heterocycles. The van der Waals surface area contributed by atoms with Gasteiger partial charge >= 0.3 is 6.09 Å². The molecular weight excluding hydrogens is 451 g/mol. The molecule has 2 aliphatic rings. The summed E-state index contributed by atoms with van der Waals surface area (Å²) < 4.78 is 43.5. The second-order valence-electron chi connectivity index (χ2n) is 9.21. The van der Waals surface area contributed by atoms with Gasteiger partial charge in [0.15, 0.2) is 0 Å². The molecule has 9 nitrogen and oxygen atoms in total. The summed E-state index contributed by atoms with van der Waals surface area (Å²) in [6.07, 6.45) is 1.13. The summed E-state index contributed by atoms with van der Waals surface area (Å²) in [5, 5.41) is 11.8. The Balaban J connectivity index is 1.85. The Morgan fingerprint density at radius 2 is 1.94 bits per heavy atom. The number of carboxylic acid groups (broad SMARTS) is 1. The fourth-order valence-electron chi connectivity index (χ4n) is 4.80. The van der Waals surface area contributed by atoms with Gasteiger partial charge in [-0.1, -0.05) is 0 Å². The van der Waals surface area contributed by atoms with Crippen molar-refractivity contribution in [1.29, 1.82) is 0 Å². The van der Waals surface area contributed by atoms with Crippen LogP contribution in [0.25, 0.3) is 10.9 Å². The van der Waals surface area contributed by atoms with E-state index in [4.69, 9.17) is 5.11 Å². The van der Waals surface area contributed by atoms with Gasteiger partial charge in [-0.2, -0.15) is 0 Å². The van der Waals surface area contributed by atoms with Crippen molar-refractivity contribution < 1.29 is 22.7 Å². The normalized spacial score (nSPS) is 19.9. The van der Waals surface area contributed by atoms with Crippen molar-refractivity contribution in [2.24, 2.45) is 5.92 Å². The molecule has 2 N–H and O–H groups in total. The summed E-state index contributed by atoms with van der Waals surface area (Å²) in [4.78, 5) is 25.8. The van der Waals surface area contributed by atoms with E-state index < -0.39 is 27.5 Å². The van der Waals surface area contributed by atoms with Crippen LogP contribution in [0.15, 0.2) is 21.8 Å². The van der Waals surface area contributed by atoms with E-state index in [1.54, 1.807) is 13.8 Å². The highest BCUT2D eigenvalue weighted by Gasteiger charge is 2.34. The Morgan fingerprint density at radius 3 is 2.52 bits per heavy atom. The molecule has 33 heavy (non-hydrogen) atoms. The van der Waals surface area contributed by atoms with Crippen LogP contribution in [0.5, 0.6) is 0 Å². The fourth-order valence-corrected chi connectivity index (χ4v) is 5.78. The SMILES string of the molecule is Cc1c(N2CC[C@@H]([C@H](C)NC(=O)O)C2)c(F)cc2cc(S(=O)(=O)N(C)C)c(=O)n(C3CC3)c12. The molecule has 2 heterocycles. The van der Waals surface area contributed by atoms with Gasteiger partial charge in [-0.3, -0.25) is 4.79 Å². The van der Waals surface area contributed by atoms with Crippen LogP contribution in [0.2, 0.25) is 0 Å². The Morgan fingerprint density at radius 1 is 1.27 bits per heavy atom. The fraction of sp³-hybridized carbons (Fsp3) is 0.545. The van der Waals surface area contributed by atoms with E-state index in [0.717, 1.165) is 17.1 Å². The number of hydrogen-bond acceptors (Lipinski definition) is 5. The van der Waals surface area contributed by atoms with Crippen molar-refractivity contribution in [2.45, 2.75) is 50.1 Å². The molecule has 1 aromatic heterocycles. The standard InChI is InChI=1S/C22H29FN4O5S/c1-12-19-15(10-18(33(31,32)25(3)4)21(28)27(19)16-5-6-16)9-17(23)20(12)26-8-7-14(11-26)13(2)24-22(29)30/h9-10,13-14,16,24H,5-8,11H2,1-4H3,(H,29,30)/t13-,14+/m0/s1. The predicted octanol–water partition coefficient (Wildman–Crippen LogP) is 2.52. The first-order valence-corrected chi connectivity index (χ1v) is 12.4. The Bertz CT molecular complexity index is 1290. The number of carbonyl (C=O) groups is 1. The van der Waals surface area contributed by atoms with Gasteiger partial charge in [-0.15, -0.1) is 0 Å². The molecule has 180 valence electrons. The first kappa shape index (κ1) is 23.5. The highest BCUT2D eigenvalue weighted by Crippen LogP contribution is 2.41. The van der Waals surface area contributed by atoms with Crippen LogP contribution >= 0.6 is 0 Å². The molecule has 1 saturated carbocycles.